The SMILES string of the molecule is CC/C=C\C/C=C\C/C=C\C/C=C\C/C=C\C/C=C\C/C=C\CCCCCCCCCC(=O)OC(COC(=O)CCCCCCCCCCCCCCCC/C=C\C/C=C\C/C=C\CCCCCCC)COP(=O)(O)OCCN. The average molecular weight is 1120 g/mol. The van der Waals surface area contributed by atoms with E-state index < -0.39 is 26.5 Å². The van der Waals surface area contributed by atoms with Crippen LogP contribution in [0.1, 0.15) is 271 Å². The zero-order valence-electron chi connectivity index (χ0n) is 50.6. The van der Waals surface area contributed by atoms with E-state index in [0.717, 1.165) is 103 Å². The van der Waals surface area contributed by atoms with Gasteiger partial charge in [-0.05, 0) is 109 Å². The number of hydrogen-bond donors (Lipinski definition) is 2. The quantitative estimate of drug-likeness (QED) is 0.0264. The van der Waals surface area contributed by atoms with Crippen LogP contribution >= 0.6 is 7.82 Å². The molecule has 0 spiro atoms. The summed E-state index contributed by atoms with van der Waals surface area (Å²) in [5.74, 6) is -0.843. The molecule has 0 saturated heterocycles. The minimum absolute atomic E-state index is 0.0456. The zero-order chi connectivity index (χ0) is 57.3. The Morgan fingerprint density at radius 3 is 1.04 bits per heavy atom. The maximum Gasteiger partial charge on any atom is 0.472 e. The molecule has 2 atom stereocenters. The van der Waals surface area contributed by atoms with Crippen LogP contribution in [0.4, 0.5) is 0 Å². The number of ether oxygens (including phenoxy) is 2. The molecule has 0 saturated carbocycles. The lowest BCUT2D eigenvalue weighted by Crippen LogP contribution is -2.29. The van der Waals surface area contributed by atoms with Crippen LogP contribution < -0.4 is 5.73 Å². The Morgan fingerprint density at radius 2 is 0.696 bits per heavy atom. The molecule has 0 rings (SSSR count). The molecule has 0 aromatic rings. The lowest BCUT2D eigenvalue weighted by Gasteiger charge is -2.19. The van der Waals surface area contributed by atoms with Gasteiger partial charge >= 0.3 is 19.8 Å². The Balaban J connectivity index is 3.99. The van der Waals surface area contributed by atoms with Crippen LogP contribution in [0, 0.1) is 0 Å². The molecule has 0 aliphatic carbocycles. The normalized spacial score (nSPS) is 13.8. The summed E-state index contributed by atoms with van der Waals surface area (Å²) in [6, 6.07) is 0. The van der Waals surface area contributed by atoms with Crippen LogP contribution in [0.2, 0.25) is 0 Å². The van der Waals surface area contributed by atoms with E-state index in [1.807, 2.05) is 0 Å². The molecule has 0 aliphatic rings. The summed E-state index contributed by atoms with van der Waals surface area (Å²) in [6.45, 7) is 3.61. The van der Waals surface area contributed by atoms with Gasteiger partial charge in [0, 0.05) is 19.4 Å². The molecule has 0 aromatic carbocycles. The highest BCUT2D eigenvalue weighted by Crippen LogP contribution is 2.43. The highest BCUT2D eigenvalue weighted by atomic mass is 31.2. The highest BCUT2D eigenvalue weighted by molar-refractivity contribution is 7.47. The van der Waals surface area contributed by atoms with Crippen molar-refractivity contribution in [3.8, 4) is 0 Å². The number of rotatable bonds is 59. The monoisotopic (exact) mass is 1120 g/mol. The number of carbonyl (C=O) groups is 2. The van der Waals surface area contributed by atoms with Crippen molar-refractivity contribution >= 4 is 19.8 Å². The van der Waals surface area contributed by atoms with Crippen LogP contribution in [-0.2, 0) is 32.7 Å². The Morgan fingerprint density at radius 1 is 0.392 bits per heavy atom. The minimum Gasteiger partial charge on any atom is -0.462 e. The van der Waals surface area contributed by atoms with E-state index in [9.17, 15) is 19.0 Å². The third-order valence-corrected chi connectivity index (χ3v) is 14.3. The highest BCUT2D eigenvalue weighted by Gasteiger charge is 2.26. The van der Waals surface area contributed by atoms with Gasteiger partial charge in [0.25, 0.3) is 0 Å². The van der Waals surface area contributed by atoms with Gasteiger partial charge in [0.05, 0.1) is 13.2 Å². The summed E-state index contributed by atoms with van der Waals surface area (Å²) >= 11 is 0. The van der Waals surface area contributed by atoms with Crippen LogP contribution in [0.25, 0.3) is 0 Å². The van der Waals surface area contributed by atoms with E-state index in [4.69, 9.17) is 24.3 Å². The van der Waals surface area contributed by atoms with Gasteiger partial charge in [0.1, 0.15) is 6.61 Å². The second kappa shape index (κ2) is 63.6. The van der Waals surface area contributed by atoms with Gasteiger partial charge in [-0.15, -0.1) is 0 Å². The number of phosphoric acid groups is 1. The van der Waals surface area contributed by atoms with Crippen LogP contribution in [0.15, 0.2) is 122 Å². The molecule has 0 radical (unpaired) electrons. The first-order chi connectivity index (χ1) is 38.8. The fourth-order valence-corrected chi connectivity index (χ4v) is 9.39. The van der Waals surface area contributed by atoms with E-state index in [2.05, 4.69) is 135 Å². The maximum absolute atomic E-state index is 12.7. The van der Waals surface area contributed by atoms with E-state index in [1.54, 1.807) is 0 Å². The molecule has 3 N–H and O–H groups in total. The van der Waals surface area contributed by atoms with Gasteiger partial charge in [-0.25, -0.2) is 4.57 Å². The zero-order valence-corrected chi connectivity index (χ0v) is 51.5. The van der Waals surface area contributed by atoms with E-state index >= 15 is 0 Å². The Labute approximate surface area is 485 Å². The first-order valence-corrected chi connectivity index (χ1v) is 33.5. The van der Waals surface area contributed by atoms with Crippen molar-refractivity contribution in [3.63, 3.8) is 0 Å². The number of esters is 2. The summed E-state index contributed by atoms with van der Waals surface area (Å²) in [7, 11) is -4.40. The molecule has 0 heterocycles. The number of hydrogen-bond acceptors (Lipinski definition) is 8. The summed E-state index contributed by atoms with van der Waals surface area (Å²) in [4.78, 5) is 35.3. The topological polar surface area (TPSA) is 134 Å². The van der Waals surface area contributed by atoms with E-state index in [0.29, 0.717) is 6.42 Å². The lowest BCUT2D eigenvalue weighted by molar-refractivity contribution is -0.161. The summed E-state index contributed by atoms with van der Waals surface area (Å²) in [5.41, 5.74) is 5.39. The Hall–Kier alpha value is -3.59. The van der Waals surface area contributed by atoms with Crippen molar-refractivity contribution in [2.45, 2.75) is 277 Å². The molecular formula is C69H118NO8P. The number of unbranched alkanes of at least 4 members (excludes halogenated alkanes) is 26. The van der Waals surface area contributed by atoms with Crippen molar-refractivity contribution in [2.24, 2.45) is 5.73 Å². The molecule has 0 fully saturated rings. The molecule has 452 valence electrons. The number of phosphoric ester groups is 1. The maximum atomic E-state index is 12.7. The van der Waals surface area contributed by atoms with Crippen LogP contribution in [-0.4, -0.2) is 49.3 Å². The third kappa shape index (κ3) is 63.5. The van der Waals surface area contributed by atoms with Gasteiger partial charge in [-0.1, -0.05) is 270 Å². The molecule has 0 aromatic heterocycles. The van der Waals surface area contributed by atoms with Gasteiger partial charge in [0.2, 0.25) is 0 Å². The van der Waals surface area contributed by atoms with Crippen LogP contribution in [0.3, 0.4) is 0 Å². The predicted molar refractivity (Wildman–Crippen MR) is 339 cm³/mol. The molecular weight excluding hydrogens is 1000 g/mol. The van der Waals surface area contributed by atoms with E-state index in [-0.39, 0.29) is 38.6 Å². The van der Waals surface area contributed by atoms with Gasteiger partial charge in [-0.2, -0.15) is 0 Å². The number of allylic oxidation sites excluding steroid dienone is 20. The summed E-state index contributed by atoms with van der Waals surface area (Å²) in [6.07, 6.45) is 88.3. The number of carbonyl (C=O) groups excluding carboxylic acids is 2. The van der Waals surface area contributed by atoms with Crippen molar-refractivity contribution in [1.29, 1.82) is 0 Å². The second-order valence-corrected chi connectivity index (χ2v) is 22.3. The molecule has 9 nitrogen and oxygen atoms in total. The van der Waals surface area contributed by atoms with E-state index in [1.165, 1.54) is 135 Å². The average Bonchev–Trinajstić information content (AvgIpc) is 3.44. The Kier molecular flexibility index (Phi) is 60.7. The third-order valence-electron chi connectivity index (χ3n) is 13.3. The molecule has 10 heteroatoms. The molecule has 0 amide bonds. The second-order valence-electron chi connectivity index (χ2n) is 20.9. The predicted octanol–water partition coefficient (Wildman–Crippen LogP) is 20.7. The fraction of sp³-hybridized carbons (Fsp3) is 0.681. The molecule has 2 unspecified atom stereocenters. The first kappa shape index (κ1) is 75.4. The van der Waals surface area contributed by atoms with Gasteiger partial charge in [0.15, 0.2) is 6.10 Å². The lowest BCUT2D eigenvalue weighted by atomic mass is 10.0. The molecule has 0 bridgehead atoms. The largest absolute Gasteiger partial charge is 0.472 e. The smallest absolute Gasteiger partial charge is 0.462 e. The molecule has 0 aliphatic heterocycles. The molecule has 79 heavy (non-hydrogen) atoms. The van der Waals surface area contributed by atoms with Crippen molar-refractivity contribution in [2.75, 3.05) is 26.4 Å². The van der Waals surface area contributed by atoms with Crippen molar-refractivity contribution < 1.29 is 37.6 Å². The standard InChI is InChI=1S/C69H118NO8P/c1-3-5-7-9-11-13-15-17-19-21-23-25-27-29-31-33-35-37-39-41-43-45-47-49-51-53-55-57-59-61-68(71)75-65-67(66-77-79(73,74)76-64-63-70)78-69(72)62-60-58-56-54-52-50-48-46-44-42-40-38-36-34-32-30-28-26-24-22-20-18-16-14-12-10-8-6-4-2/h6,8,12,14-15,17-18,20-21,23-24,26-27,29-30,32,36,38,42,44,67H,3-5,7,9-11,13,16,19,22,25,28,31,33-35,37,39-41,43,45-66,70H2,1-2H3,(H,73,74)/b8-6-,14-12-,17-15-,20-18-,23-21-,26-24-,29-27-,32-30-,38-36-,44-42-. The van der Waals surface area contributed by atoms with Crippen molar-refractivity contribution in [1.82, 2.24) is 0 Å². The Bertz CT molecular complexity index is 1710. The van der Waals surface area contributed by atoms with Gasteiger partial charge in [-0.3, -0.25) is 18.6 Å². The minimum atomic E-state index is -4.40. The van der Waals surface area contributed by atoms with Gasteiger partial charge < -0.3 is 20.1 Å². The summed E-state index contributed by atoms with van der Waals surface area (Å²) < 4.78 is 33.1. The van der Waals surface area contributed by atoms with Crippen molar-refractivity contribution in [3.05, 3.63) is 122 Å². The first-order valence-electron chi connectivity index (χ1n) is 32.0. The summed E-state index contributed by atoms with van der Waals surface area (Å²) in [5, 5.41) is 0. The number of nitrogens with two attached hydrogens (primary N) is 1. The van der Waals surface area contributed by atoms with Crippen LogP contribution in [0.5, 0.6) is 0 Å². The fourth-order valence-electron chi connectivity index (χ4n) is 8.62.